The molecule has 6 nitrogen and oxygen atoms in total. The summed E-state index contributed by atoms with van der Waals surface area (Å²) in [5, 5.41) is 11.1. The Bertz CT molecular complexity index is 704. The van der Waals surface area contributed by atoms with E-state index in [1.807, 2.05) is 25.3 Å². The number of aromatic nitrogens is 3. The average Bonchev–Trinajstić information content (AvgIpc) is 3.28. The SMILES string of the molecule is CC(C)Cc1ccc(C(C)C(=O)NCc2cn(C[C@@H]3CO3)nn2)cc1. The lowest BCUT2D eigenvalue weighted by molar-refractivity contribution is -0.122. The smallest absolute Gasteiger partial charge is 0.227 e. The van der Waals surface area contributed by atoms with Gasteiger partial charge in [0.1, 0.15) is 11.8 Å². The van der Waals surface area contributed by atoms with Gasteiger partial charge in [-0.05, 0) is 30.4 Å². The Balaban J connectivity index is 1.50. The van der Waals surface area contributed by atoms with Crippen LogP contribution in [-0.2, 0) is 29.0 Å². The Morgan fingerprint density at radius 1 is 1.32 bits per heavy atom. The highest BCUT2D eigenvalue weighted by Gasteiger charge is 2.23. The third-order valence-corrected chi connectivity index (χ3v) is 4.34. The largest absolute Gasteiger partial charge is 0.371 e. The molecule has 1 unspecified atom stereocenters. The second-order valence-corrected chi connectivity index (χ2v) is 7.17. The fourth-order valence-electron chi connectivity index (χ4n) is 2.79. The Kier molecular flexibility index (Phi) is 5.48. The predicted molar refractivity (Wildman–Crippen MR) is 95.0 cm³/mol. The lowest BCUT2D eigenvalue weighted by Gasteiger charge is -2.13. The first-order chi connectivity index (χ1) is 12.0. The highest BCUT2D eigenvalue weighted by molar-refractivity contribution is 5.83. The molecule has 3 rings (SSSR count). The third kappa shape index (κ3) is 5.13. The molecule has 6 heteroatoms. The molecule has 0 bridgehead atoms. The molecule has 0 spiro atoms. The van der Waals surface area contributed by atoms with E-state index < -0.39 is 0 Å². The summed E-state index contributed by atoms with van der Waals surface area (Å²) in [5.74, 6) is 0.436. The summed E-state index contributed by atoms with van der Waals surface area (Å²) >= 11 is 0. The van der Waals surface area contributed by atoms with Gasteiger partial charge in [0.15, 0.2) is 0 Å². The standard InChI is InChI=1S/C19H26N4O2/c1-13(2)8-15-4-6-16(7-5-15)14(3)19(24)20-9-17-10-23(22-21-17)11-18-12-25-18/h4-7,10,13-14,18H,8-9,11-12H2,1-3H3,(H,20,24)/t14?,18-/m1/s1. The topological polar surface area (TPSA) is 72.3 Å². The Morgan fingerprint density at radius 2 is 2.04 bits per heavy atom. The van der Waals surface area contributed by atoms with Gasteiger partial charge in [0.2, 0.25) is 5.91 Å². The molecule has 0 aliphatic carbocycles. The van der Waals surface area contributed by atoms with E-state index in [4.69, 9.17) is 4.74 Å². The summed E-state index contributed by atoms with van der Waals surface area (Å²) in [6.45, 7) is 8.24. The molecule has 1 amide bonds. The van der Waals surface area contributed by atoms with Gasteiger partial charge in [-0.3, -0.25) is 4.79 Å². The van der Waals surface area contributed by atoms with E-state index in [1.54, 1.807) is 4.68 Å². The van der Waals surface area contributed by atoms with Gasteiger partial charge >= 0.3 is 0 Å². The van der Waals surface area contributed by atoms with E-state index in [0.29, 0.717) is 12.5 Å². The molecule has 25 heavy (non-hydrogen) atoms. The molecule has 1 saturated heterocycles. The number of hydrogen-bond acceptors (Lipinski definition) is 4. The van der Waals surface area contributed by atoms with Crippen molar-refractivity contribution in [3.8, 4) is 0 Å². The van der Waals surface area contributed by atoms with Crippen LogP contribution in [0, 0.1) is 5.92 Å². The van der Waals surface area contributed by atoms with Gasteiger partial charge < -0.3 is 10.1 Å². The van der Waals surface area contributed by atoms with Crippen molar-refractivity contribution in [3.63, 3.8) is 0 Å². The number of rotatable bonds is 8. The molecule has 0 radical (unpaired) electrons. The number of carbonyl (C=O) groups excluding carboxylic acids is 1. The van der Waals surface area contributed by atoms with E-state index in [1.165, 1.54) is 5.56 Å². The summed E-state index contributed by atoms with van der Waals surface area (Å²) in [5.41, 5.74) is 3.09. The number of ether oxygens (including phenoxy) is 1. The number of benzene rings is 1. The first kappa shape index (κ1) is 17.6. The Morgan fingerprint density at radius 3 is 2.68 bits per heavy atom. The van der Waals surface area contributed by atoms with Crippen LogP contribution in [0.4, 0.5) is 0 Å². The van der Waals surface area contributed by atoms with Crippen molar-refractivity contribution in [3.05, 3.63) is 47.3 Å². The van der Waals surface area contributed by atoms with Gasteiger partial charge in [-0.15, -0.1) is 5.10 Å². The fourth-order valence-corrected chi connectivity index (χ4v) is 2.79. The lowest BCUT2D eigenvalue weighted by atomic mass is 9.96. The summed E-state index contributed by atoms with van der Waals surface area (Å²) < 4.78 is 6.93. The van der Waals surface area contributed by atoms with Crippen molar-refractivity contribution >= 4 is 5.91 Å². The molecule has 1 aliphatic rings. The van der Waals surface area contributed by atoms with Gasteiger partial charge in [-0.2, -0.15) is 0 Å². The van der Waals surface area contributed by atoms with Crippen LogP contribution in [-0.4, -0.2) is 33.6 Å². The molecule has 1 aliphatic heterocycles. The van der Waals surface area contributed by atoms with Gasteiger partial charge in [0, 0.05) is 0 Å². The van der Waals surface area contributed by atoms with Crippen LogP contribution in [0.3, 0.4) is 0 Å². The van der Waals surface area contributed by atoms with E-state index in [-0.39, 0.29) is 17.9 Å². The van der Waals surface area contributed by atoms with Crippen molar-refractivity contribution in [2.75, 3.05) is 6.61 Å². The second kappa shape index (κ2) is 7.78. The average molecular weight is 342 g/mol. The molecule has 1 aromatic heterocycles. The summed E-state index contributed by atoms with van der Waals surface area (Å²) in [6.07, 6.45) is 3.18. The molecule has 2 aromatic rings. The lowest BCUT2D eigenvalue weighted by Crippen LogP contribution is -2.27. The predicted octanol–water partition coefficient (Wildman–Crippen LogP) is 2.30. The van der Waals surface area contributed by atoms with Gasteiger partial charge in [0.05, 0.1) is 31.8 Å². The maximum atomic E-state index is 12.4. The minimum Gasteiger partial charge on any atom is -0.371 e. The minimum atomic E-state index is -0.192. The Hall–Kier alpha value is -2.21. The minimum absolute atomic E-state index is 0.00307. The summed E-state index contributed by atoms with van der Waals surface area (Å²) in [4.78, 5) is 12.4. The summed E-state index contributed by atoms with van der Waals surface area (Å²) in [6, 6.07) is 8.33. The number of nitrogens with zero attached hydrogens (tertiary/aromatic N) is 3. The molecular formula is C19H26N4O2. The van der Waals surface area contributed by atoms with Crippen molar-refractivity contribution in [2.45, 2.75) is 52.3 Å². The highest BCUT2D eigenvalue weighted by Crippen LogP contribution is 2.18. The highest BCUT2D eigenvalue weighted by atomic mass is 16.6. The second-order valence-electron chi connectivity index (χ2n) is 7.17. The van der Waals surface area contributed by atoms with Crippen LogP contribution in [0.15, 0.2) is 30.5 Å². The van der Waals surface area contributed by atoms with Gasteiger partial charge in [-0.25, -0.2) is 4.68 Å². The van der Waals surface area contributed by atoms with Crippen LogP contribution in [0.2, 0.25) is 0 Å². The Labute approximate surface area is 148 Å². The van der Waals surface area contributed by atoms with Crippen molar-refractivity contribution in [1.82, 2.24) is 20.3 Å². The number of hydrogen-bond donors (Lipinski definition) is 1. The molecule has 1 aromatic carbocycles. The molecule has 1 N–H and O–H groups in total. The maximum absolute atomic E-state index is 12.4. The zero-order valence-electron chi connectivity index (χ0n) is 15.1. The van der Waals surface area contributed by atoms with Crippen molar-refractivity contribution in [1.29, 1.82) is 0 Å². The van der Waals surface area contributed by atoms with Crippen LogP contribution in [0.1, 0.15) is 43.5 Å². The molecular weight excluding hydrogens is 316 g/mol. The van der Waals surface area contributed by atoms with Gasteiger partial charge in [0.25, 0.3) is 0 Å². The number of amides is 1. The van der Waals surface area contributed by atoms with Crippen LogP contribution in [0.5, 0.6) is 0 Å². The van der Waals surface area contributed by atoms with Crippen LogP contribution >= 0.6 is 0 Å². The zero-order valence-corrected chi connectivity index (χ0v) is 15.1. The van der Waals surface area contributed by atoms with Crippen LogP contribution in [0.25, 0.3) is 0 Å². The fraction of sp³-hybridized carbons (Fsp3) is 0.526. The van der Waals surface area contributed by atoms with E-state index in [0.717, 1.165) is 30.8 Å². The van der Waals surface area contributed by atoms with E-state index in [9.17, 15) is 4.79 Å². The molecule has 2 atom stereocenters. The number of epoxide rings is 1. The van der Waals surface area contributed by atoms with E-state index in [2.05, 4.69) is 41.6 Å². The number of carbonyl (C=O) groups is 1. The third-order valence-electron chi connectivity index (χ3n) is 4.34. The monoisotopic (exact) mass is 342 g/mol. The van der Waals surface area contributed by atoms with E-state index >= 15 is 0 Å². The molecule has 134 valence electrons. The van der Waals surface area contributed by atoms with Crippen LogP contribution < -0.4 is 5.32 Å². The molecule has 2 heterocycles. The normalized spacial score (nSPS) is 17.5. The zero-order chi connectivity index (χ0) is 17.8. The molecule has 1 fully saturated rings. The quantitative estimate of drug-likeness (QED) is 0.747. The number of nitrogens with one attached hydrogen (secondary N) is 1. The van der Waals surface area contributed by atoms with Crippen molar-refractivity contribution in [2.24, 2.45) is 5.92 Å². The summed E-state index contributed by atoms with van der Waals surface area (Å²) in [7, 11) is 0. The maximum Gasteiger partial charge on any atom is 0.227 e. The first-order valence-electron chi connectivity index (χ1n) is 8.88. The first-order valence-corrected chi connectivity index (χ1v) is 8.88. The van der Waals surface area contributed by atoms with Gasteiger partial charge in [-0.1, -0.05) is 43.3 Å². The molecule has 0 saturated carbocycles. The van der Waals surface area contributed by atoms with Crippen molar-refractivity contribution < 1.29 is 9.53 Å².